The van der Waals surface area contributed by atoms with E-state index >= 15 is 0 Å². The number of ether oxygens (including phenoxy) is 1. The molecule has 116 valence electrons. The number of hydrogen-bond donors (Lipinski definition) is 1. The number of hydrogen-bond acceptors (Lipinski definition) is 2. The SMILES string of the molecule is CNC(c1ccc(Cl)c(Cl)c1)C1CCOC2(CCCC2)C1. The molecule has 0 bridgehead atoms. The Bertz CT molecular complexity index is 500. The van der Waals surface area contributed by atoms with Gasteiger partial charge in [0.15, 0.2) is 0 Å². The van der Waals surface area contributed by atoms with E-state index in [1.807, 2.05) is 19.2 Å². The Morgan fingerprint density at radius 2 is 2.00 bits per heavy atom. The van der Waals surface area contributed by atoms with E-state index < -0.39 is 0 Å². The molecule has 1 heterocycles. The number of halogens is 2. The molecule has 21 heavy (non-hydrogen) atoms. The predicted octanol–water partition coefficient (Wildman–Crippen LogP) is 4.99. The van der Waals surface area contributed by atoms with Crippen molar-refractivity contribution >= 4 is 23.2 Å². The molecule has 0 amide bonds. The summed E-state index contributed by atoms with van der Waals surface area (Å²) in [5, 5.41) is 4.74. The molecule has 1 aliphatic heterocycles. The average molecular weight is 328 g/mol. The van der Waals surface area contributed by atoms with Gasteiger partial charge in [-0.15, -0.1) is 0 Å². The molecule has 1 N–H and O–H groups in total. The van der Waals surface area contributed by atoms with Crippen molar-refractivity contribution < 1.29 is 4.74 Å². The van der Waals surface area contributed by atoms with Crippen LogP contribution in [0.4, 0.5) is 0 Å². The van der Waals surface area contributed by atoms with Crippen molar-refractivity contribution in [3.05, 3.63) is 33.8 Å². The standard InChI is InChI=1S/C17H23Cl2NO/c1-20-16(12-4-5-14(18)15(19)10-12)13-6-9-21-17(11-13)7-2-3-8-17/h4-5,10,13,16,20H,2-3,6-9,11H2,1H3. The molecule has 2 fully saturated rings. The van der Waals surface area contributed by atoms with Crippen LogP contribution >= 0.6 is 23.2 Å². The van der Waals surface area contributed by atoms with Gasteiger partial charge in [-0.25, -0.2) is 0 Å². The highest BCUT2D eigenvalue weighted by Crippen LogP contribution is 2.45. The van der Waals surface area contributed by atoms with E-state index in [1.165, 1.54) is 31.2 Å². The quantitative estimate of drug-likeness (QED) is 0.844. The van der Waals surface area contributed by atoms with Gasteiger partial charge in [0.05, 0.1) is 15.6 Å². The van der Waals surface area contributed by atoms with Gasteiger partial charge in [-0.05, 0) is 56.3 Å². The van der Waals surface area contributed by atoms with E-state index in [9.17, 15) is 0 Å². The summed E-state index contributed by atoms with van der Waals surface area (Å²) in [5.74, 6) is 0.596. The first-order chi connectivity index (χ1) is 10.1. The van der Waals surface area contributed by atoms with Gasteiger partial charge in [-0.1, -0.05) is 42.1 Å². The lowest BCUT2D eigenvalue weighted by atomic mass is 9.78. The molecule has 1 aromatic rings. The Balaban J connectivity index is 1.80. The molecule has 1 aliphatic carbocycles. The van der Waals surface area contributed by atoms with Crippen molar-refractivity contribution in [1.29, 1.82) is 0 Å². The molecule has 1 spiro atoms. The van der Waals surface area contributed by atoms with Gasteiger partial charge in [0.2, 0.25) is 0 Å². The van der Waals surface area contributed by atoms with Crippen LogP contribution in [0.1, 0.15) is 50.1 Å². The van der Waals surface area contributed by atoms with Crippen molar-refractivity contribution in [2.24, 2.45) is 5.92 Å². The highest BCUT2D eigenvalue weighted by atomic mass is 35.5. The largest absolute Gasteiger partial charge is 0.375 e. The summed E-state index contributed by atoms with van der Waals surface area (Å²) in [6, 6.07) is 6.31. The van der Waals surface area contributed by atoms with Gasteiger partial charge in [-0.2, -0.15) is 0 Å². The van der Waals surface area contributed by atoms with E-state index in [-0.39, 0.29) is 5.60 Å². The first-order valence-corrected chi connectivity index (χ1v) is 8.65. The van der Waals surface area contributed by atoms with Crippen LogP contribution in [0.15, 0.2) is 18.2 Å². The number of rotatable bonds is 3. The lowest BCUT2D eigenvalue weighted by Crippen LogP contribution is -2.41. The maximum absolute atomic E-state index is 6.19. The highest BCUT2D eigenvalue weighted by Gasteiger charge is 2.42. The zero-order valence-electron chi connectivity index (χ0n) is 12.5. The average Bonchev–Trinajstić information content (AvgIpc) is 2.91. The lowest BCUT2D eigenvalue weighted by Gasteiger charge is -2.41. The van der Waals surface area contributed by atoms with Crippen LogP contribution < -0.4 is 5.32 Å². The van der Waals surface area contributed by atoms with Gasteiger partial charge in [0.1, 0.15) is 0 Å². The first-order valence-electron chi connectivity index (χ1n) is 7.90. The molecule has 1 saturated carbocycles. The van der Waals surface area contributed by atoms with Crippen LogP contribution in [0.5, 0.6) is 0 Å². The first kappa shape index (κ1) is 15.6. The minimum Gasteiger partial charge on any atom is -0.375 e. The van der Waals surface area contributed by atoms with Crippen molar-refractivity contribution in [2.45, 2.75) is 50.2 Å². The van der Waals surface area contributed by atoms with Crippen molar-refractivity contribution in [1.82, 2.24) is 5.32 Å². The van der Waals surface area contributed by atoms with Crippen LogP contribution in [0.2, 0.25) is 10.0 Å². The van der Waals surface area contributed by atoms with Gasteiger partial charge in [0.25, 0.3) is 0 Å². The predicted molar refractivity (Wildman–Crippen MR) is 88.1 cm³/mol. The van der Waals surface area contributed by atoms with Gasteiger partial charge in [0, 0.05) is 12.6 Å². The van der Waals surface area contributed by atoms with Gasteiger partial charge >= 0.3 is 0 Å². The third-order valence-electron chi connectivity index (χ3n) is 5.13. The van der Waals surface area contributed by atoms with Crippen molar-refractivity contribution in [3.63, 3.8) is 0 Å². The number of benzene rings is 1. The lowest BCUT2D eigenvalue weighted by molar-refractivity contribution is -0.0978. The Labute approximate surface area is 137 Å². The van der Waals surface area contributed by atoms with Crippen LogP contribution in [0.25, 0.3) is 0 Å². The smallest absolute Gasteiger partial charge is 0.0686 e. The molecule has 1 saturated heterocycles. The van der Waals surface area contributed by atoms with Crippen molar-refractivity contribution in [3.8, 4) is 0 Å². The molecule has 4 heteroatoms. The van der Waals surface area contributed by atoms with E-state index in [4.69, 9.17) is 27.9 Å². The van der Waals surface area contributed by atoms with E-state index in [1.54, 1.807) is 0 Å². The molecule has 2 unspecified atom stereocenters. The van der Waals surface area contributed by atoms with Crippen LogP contribution in [0.3, 0.4) is 0 Å². The molecule has 2 nitrogen and oxygen atoms in total. The van der Waals surface area contributed by atoms with Crippen LogP contribution in [-0.2, 0) is 4.74 Å². The molecule has 1 aromatic carbocycles. The summed E-state index contributed by atoms with van der Waals surface area (Å²) >= 11 is 12.2. The summed E-state index contributed by atoms with van der Waals surface area (Å²) in [4.78, 5) is 0. The fraction of sp³-hybridized carbons (Fsp3) is 0.647. The van der Waals surface area contributed by atoms with Crippen LogP contribution in [-0.4, -0.2) is 19.3 Å². The summed E-state index contributed by atoms with van der Waals surface area (Å²) in [5.41, 5.74) is 1.38. The van der Waals surface area contributed by atoms with Gasteiger partial charge in [-0.3, -0.25) is 0 Å². The highest BCUT2D eigenvalue weighted by molar-refractivity contribution is 6.42. The topological polar surface area (TPSA) is 21.3 Å². The molecule has 2 atom stereocenters. The molecule has 3 rings (SSSR count). The molecular weight excluding hydrogens is 305 g/mol. The van der Waals surface area contributed by atoms with E-state index in [0.29, 0.717) is 22.0 Å². The number of nitrogens with one attached hydrogen (secondary N) is 1. The normalized spacial score (nSPS) is 26.1. The Morgan fingerprint density at radius 1 is 1.24 bits per heavy atom. The minimum absolute atomic E-state index is 0.147. The summed E-state index contributed by atoms with van der Waals surface area (Å²) in [7, 11) is 2.03. The molecule has 0 radical (unpaired) electrons. The Kier molecular flexibility index (Phi) is 4.80. The second-order valence-electron chi connectivity index (χ2n) is 6.43. The second kappa shape index (κ2) is 6.45. The van der Waals surface area contributed by atoms with Crippen LogP contribution in [0, 0.1) is 5.92 Å². The summed E-state index contributed by atoms with van der Waals surface area (Å²) in [6.07, 6.45) is 7.32. The maximum atomic E-state index is 6.19. The molecule has 0 aromatic heterocycles. The summed E-state index contributed by atoms with van der Waals surface area (Å²) in [6.45, 7) is 0.879. The zero-order valence-corrected chi connectivity index (χ0v) is 14.0. The maximum Gasteiger partial charge on any atom is 0.0686 e. The Morgan fingerprint density at radius 3 is 2.67 bits per heavy atom. The molecule has 2 aliphatic rings. The monoisotopic (exact) mass is 327 g/mol. The minimum atomic E-state index is 0.147. The Hall–Kier alpha value is -0.280. The van der Waals surface area contributed by atoms with Crippen molar-refractivity contribution in [2.75, 3.05) is 13.7 Å². The summed E-state index contributed by atoms with van der Waals surface area (Å²) < 4.78 is 6.16. The zero-order chi connectivity index (χ0) is 14.9. The third-order valence-corrected chi connectivity index (χ3v) is 5.87. The fourth-order valence-electron chi connectivity index (χ4n) is 4.10. The van der Waals surface area contributed by atoms with Gasteiger partial charge < -0.3 is 10.1 Å². The fourth-order valence-corrected chi connectivity index (χ4v) is 4.40. The third kappa shape index (κ3) is 3.24. The second-order valence-corrected chi connectivity index (χ2v) is 7.25. The van der Waals surface area contributed by atoms with E-state index in [0.717, 1.165) is 19.4 Å². The van der Waals surface area contributed by atoms with E-state index in [2.05, 4.69) is 11.4 Å². The molecular formula is C17H23Cl2NO.